The third-order valence-electron chi connectivity index (χ3n) is 4.38. The molecule has 1 saturated heterocycles. The number of rotatable bonds is 7. The number of aromatic nitrogens is 1. The molecule has 25 heavy (non-hydrogen) atoms. The first-order valence-electron chi connectivity index (χ1n) is 8.56. The molecule has 1 aliphatic heterocycles. The van der Waals surface area contributed by atoms with Gasteiger partial charge in [0.15, 0.2) is 0 Å². The molecular formula is C18H25N3O2S2. The number of benzene rings is 1. The molecule has 2 heterocycles. The van der Waals surface area contributed by atoms with Crippen molar-refractivity contribution in [2.45, 2.75) is 25.1 Å². The molecular weight excluding hydrogens is 354 g/mol. The van der Waals surface area contributed by atoms with Crippen LogP contribution >= 0.6 is 23.1 Å². The molecule has 3 rings (SSSR count). The van der Waals surface area contributed by atoms with Gasteiger partial charge in [-0.15, -0.1) is 23.1 Å². The second kappa shape index (κ2) is 8.49. The Hall–Kier alpha value is -1.15. The number of amides is 1. The number of carbonyl (C=O) groups excluding carboxylic acids is 1. The number of ether oxygens (including phenoxy) is 1. The maximum atomic E-state index is 12.1. The molecule has 0 atom stereocenters. The number of thioether (sulfide) groups is 1. The zero-order valence-electron chi connectivity index (χ0n) is 14.8. The lowest BCUT2D eigenvalue weighted by atomic mass is 10.0. The van der Waals surface area contributed by atoms with Gasteiger partial charge in [-0.2, -0.15) is 0 Å². The van der Waals surface area contributed by atoms with Gasteiger partial charge in [0.1, 0.15) is 5.01 Å². The van der Waals surface area contributed by atoms with Crippen molar-refractivity contribution >= 4 is 39.2 Å². The van der Waals surface area contributed by atoms with E-state index < -0.39 is 0 Å². The highest BCUT2D eigenvalue weighted by Crippen LogP contribution is 2.24. The summed E-state index contributed by atoms with van der Waals surface area (Å²) < 4.78 is 6.60. The first kappa shape index (κ1) is 18.6. The van der Waals surface area contributed by atoms with Crippen LogP contribution in [-0.2, 0) is 15.3 Å². The molecule has 0 spiro atoms. The highest BCUT2D eigenvalue weighted by atomic mass is 32.2. The van der Waals surface area contributed by atoms with Gasteiger partial charge in [-0.1, -0.05) is 12.1 Å². The van der Waals surface area contributed by atoms with Crippen molar-refractivity contribution in [2.24, 2.45) is 0 Å². The smallest absolute Gasteiger partial charge is 0.230 e. The Morgan fingerprint density at radius 3 is 2.88 bits per heavy atom. The predicted molar refractivity (Wildman–Crippen MR) is 105 cm³/mol. The van der Waals surface area contributed by atoms with Crippen LogP contribution in [0.2, 0.25) is 0 Å². The van der Waals surface area contributed by atoms with E-state index in [2.05, 4.69) is 35.1 Å². The third-order valence-corrected chi connectivity index (χ3v) is 6.55. The van der Waals surface area contributed by atoms with Gasteiger partial charge < -0.3 is 10.1 Å². The Labute approximate surface area is 157 Å². The van der Waals surface area contributed by atoms with Crippen molar-refractivity contribution in [1.82, 2.24) is 15.2 Å². The van der Waals surface area contributed by atoms with Gasteiger partial charge in [0.25, 0.3) is 0 Å². The average molecular weight is 380 g/mol. The molecule has 1 N–H and O–H groups in total. The summed E-state index contributed by atoms with van der Waals surface area (Å²) in [7, 11) is 0. The fourth-order valence-corrected chi connectivity index (χ4v) is 4.74. The lowest BCUT2D eigenvalue weighted by Crippen LogP contribution is -2.55. The number of hydrogen-bond donors (Lipinski definition) is 1. The molecule has 1 aromatic heterocycles. The number of nitrogens with zero attached hydrogens (tertiary/aromatic N) is 2. The number of morpholine rings is 1. The molecule has 0 radical (unpaired) electrons. The molecule has 1 aromatic carbocycles. The molecule has 0 saturated carbocycles. The number of para-hydroxylation sites is 1. The van der Waals surface area contributed by atoms with Gasteiger partial charge in [-0.05, 0) is 26.0 Å². The molecule has 1 aliphatic rings. The van der Waals surface area contributed by atoms with Crippen LogP contribution < -0.4 is 5.32 Å². The van der Waals surface area contributed by atoms with Crippen LogP contribution in [0.15, 0.2) is 24.3 Å². The van der Waals surface area contributed by atoms with E-state index in [0.717, 1.165) is 42.6 Å². The fraction of sp³-hybridized carbons (Fsp3) is 0.556. The highest BCUT2D eigenvalue weighted by Gasteiger charge is 2.28. The van der Waals surface area contributed by atoms with E-state index in [-0.39, 0.29) is 11.4 Å². The first-order chi connectivity index (χ1) is 12.0. The SMILES string of the molecule is CC(C)(CNC(=O)CSCc1nc2ccccc2s1)N1CCOCC1. The van der Waals surface area contributed by atoms with Crippen LogP contribution in [0.5, 0.6) is 0 Å². The van der Waals surface area contributed by atoms with Gasteiger partial charge in [0.05, 0.1) is 29.2 Å². The number of fused-ring (bicyclic) bond motifs is 1. The van der Waals surface area contributed by atoms with Crippen LogP contribution in [0.4, 0.5) is 0 Å². The molecule has 1 amide bonds. The summed E-state index contributed by atoms with van der Waals surface area (Å²) >= 11 is 3.32. The van der Waals surface area contributed by atoms with E-state index in [9.17, 15) is 4.79 Å². The minimum atomic E-state index is -0.0445. The van der Waals surface area contributed by atoms with E-state index in [1.165, 1.54) is 4.70 Å². The molecule has 1 fully saturated rings. The standard InChI is InChI=1S/C18H25N3O2S2/c1-18(2,21-7-9-23-10-8-21)13-19-16(22)11-24-12-17-20-14-5-3-4-6-15(14)25-17/h3-6H,7-13H2,1-2H3,(H,19,22). The molecule has 7 heteroatoms. The van der Waals surface area contributed by atoms with Crippen molar-refractivity contribution in [1.29, 1.82) is 0 Å². The maximum Gasteiger partial charge on any atom is 0.230 e. The normalized spacial score (nSPS) is 16.2. The number of carbonyl (C=O) groups is 1. The molecule has 0 unspecified atom stereocenters. The zero-order chi connectivity index (χ0) is 17.7. The van der Waals surface area contributed by atoms with E-state index in [4.69, 9.17) is 4.74 Å². The van der Waals surface area contributed by atoms with E-state index >= 15 is 0 Å². The Morgan fingerprint density at radius 2 is 2.12 bits per heavy atom. The van der Waals surface area contributed by atoms with Crippen LogP contribution in [-0.4, -0.2) is 59.9 Å². The van der Waals surface area contributed by atoms with E-state index in [0.29, 0.717) is 12.3 Å². The first-order valence-corrected chi connectivity index (χ1v) is 10.5. The fourth-order valence-electron chi connectivity index (χ4n) is 2.86. The average Bonchev–Trinajstić information content (AvgIpc) is 3.03. The van der Waals surface area contributed by atoms with Crippen molar-refractivity contribution in [3.8, 4) is 0 Å². The summed E-state index contributed by atoms with van der Waals surface area (Å²) in [4.78, 5) is 19.1. The van der Waals surface area contributed by atoms with Crippen molar-refractivity contribution < 1.29 is 9.53 Å². The van der Waals surface area contributed by atoms with Gasteiger partial charge in [-0.3, -0.25) is 9.69 Å². The highest BCUT2D eigenvalue weighted by molar-refractivity contribution is 7.99. The number of hydrogen-bond acceptors (Lipinski definition) is 6. The second-order valence-corrected chi connectivity index (χ2v) is 8.86. The van der Waals surface area contributed by atoms with Gasteiger partial charge in [0, 0.05) is 30.9 Å². The second-order valence-electron chi connectivity index (χ2n) is 6.76. The number of thiazole rings is 1. The third kappa shape index (κ3) is 5.17. The van der Waals surface area contributed by atoms with Crippen LogP contribution in [0.3, 0.4) is 0 Å². The van der Waals surface area contributed by atoms with Crippen LogP contribution in [0.1, 0.15) is 18.9 Å². The monoisotopic (exact) mass is 379 g/mol. The Balaban J connectivity index is 1.40. The van der Waals surface area contributed by atoms with Gasteiger partial charge >= 0.3 is 0 Å². The minimum absolute atomic E-state index is 0.0445. The van der Waals surface area contributed by atoms with E-state index in [1.807, 2.05) is 18.2 Å². The van der Waals surface area contributed by atoms with Crippen molar-refractivity contribution in [3.05, 3.63) is 29.3 Å². The largest absolute Gasteiger partial charge is 0.379 e. The molecule has 136 valence electrons. The van der Waals surface area contributed by atoms with Gasteiger partial charge in [-0.25, -0.2) is 4.98 Å². The molecule has 0 bridgehead atoms. The lowest BCUT2D eigenvalue weighted by molar-refractivity contribution is -0.119. The van der Waals surface area contributed by atoms with Crippen molar-refractivity contribution in [2.75, 3.05) is 38.6 Å². The Morgan fingerprint density at radius 1 is 1.36 bits per heavy atom. The predicted octanol–water partition coefficient (Wildman–Crippen LogP) is 2.76. The summed E-state index contributed by atoms with van der Waals surface area (Å²) in [5.41, 5.74) is 0.997. The van der Waals surface area contributed by atoms with Crippen LogP contribution in [0.25, 0.3) is 10.2 Å². The van der Waals surface area contributed by atoms with Gasteiger partial charge in [0.2, 0.25) is 5.91 Å². The van der Waals surface area contributed by atoms with E-state index in [1.54, 1.807) is 23.1 Å². The molecule has 2 aromatic rings. The lowest BCUT2D eigenvalue weighted by Gasteiger charge is -2.40. The summed E-state index contributed by atoms with van der Waals surface area (Å²) in [6.45, 7) is 8.41. The molecule has 0 aliphatic carbocycles. The minimum Gasteiger partial charge on any atom is -0.379 e. The van der Waals surface area contributed by atoms with Crippen LogP contribution in [0, 0.1) is 0 Å². The summed E-state index contributed by atoms with van der Waals surface area (Å²) in [6.07, 6.45) is 0. The summed E-state index contributed by atoms with van der Waals surface area (Å²) in [5, 5.41) is 4.15. The zero-order valence-corrected chi connectivity index (χ0v) is 16.4. The topological polar surface area (TPSA) is 54.5 Å². The molecule has 5 nitrogen and oxygen atoms in total. The quantitative estimate of drug-likeness (QED) is 0.802. The number of nitrogens with one attached hydrogen (secondary N) is 1. The summed E-state index contributed by atoms with van der Waals surface area (Å²) in [6, 6.07) is 8.14. The van der Waals surface area contributed by atoms with Crippen molar-refractivity contribution in [3.63, 3.8) is 0 Å². The Kier molecular flexibility index (Phi) is 6.33. The Bertz CT molecular complexity index is 678. The maximum absolute atomic E-state index is 12.1. The summed E-state index contributed by atoms with van der Waals surface area (Å²) in [5.74, 6) is 1.34.